The molecule has 1 atom stereocenters. The van der Waals surface area contributed by atoms with Gasteiger partial charge in [0.05, 0.1) is 48.9 Å². The second-order valence-corrected chi connectivity index (χ2v) is 10.2. The van der Waals surface area contributed by atoms with Crippen molar-refractivity contribution in [3.63, 3.8) is 0 Å². The Kier molecular flexibility index (Phi) is 6.46. The molecule has 0 fully saturated rings. The number of aryl methyl sites for hydroxylation is 2. The van der Waals surface area contributed by atoms with Crippen molar-refractivity contribution in [1.29, 1.82) is 0 Å². The lowest BCUT2D eigenvalue weighted by molar-refractivity contribution is -0.0718. The van der Waals surface area contributed by atoms with Crippen molar-refractivity contribution in [2.45, 2.75) is 20.1 Å². The molecule has 0 radical (unpaired) electrons. The summed E-state index contributed by atoms with van der Waals surface area (Å²) in [5, 5.41) is 0.784. The monoisotopic (exact) mass is 559 g/mol. The molecule has 0 aliphatic carbocycles. The quantitative estimate of drug-likeness (QED) is 0.280. The van der Waals surface area contributed by atoms with Crippen LogP contribution in [0.25, 0.3) is 31.8 Å². The van der Waals surface area contributed by atoms with E-state index in [4.69, 9.17) is 28.7 Å². The maximum Gasteiger partial charge on any atom is 0.417 e. The molecule has 40 heavy (non-hydrogen) atoms. The summed E-state index contributed by atoms with van der Waals surface area (Å²) in [7, 11) is 4.68. The maximum absolute atomic E-state index is 12.8. The highest BCUT2D eigenvalue weighted by molar-refractivity contribution is 7.22. The number of thiazole rings is 1. The molecule has 5 aromatic rings. The van der Waals surface area contributed by atoms with Crippen molar-refractivity contribution in [1.82, 2.24) is 19.9 Å². The van der Waals surface area contributed by atoms with Crippen molar-refractivity contribution < 1.29 is 28.5 Å². The van der Waals surface area contributed by atoms with Gasteiger partial charge >= 0.3 is 6.09 Å². The molecule has 1 unspecified atom stereocenters. The fraction of sp³-hybridized carbons (Fsp3) is 0.250. The molecule has 1 amide bonds. The van der Waals surface area contributed by atoms with Crippen LogP contribution < -0.4 is 23.8 Å². The van der Waals surface area contributed by atoms with E-state index in [1.807, 2.05) is 32.0 Å². The highest BCUT2D eigenvalue weighted by atomic mass is 32.1. The smallest absolute Gasteiger partial charge is 0.417 e. The van der Waals surface area contributed by atoms with Crippen LogP contribution in [0, 0.1) is 13.8 Å². The standard InChI is InChI=1S/C28H25N5O6S/c1-14-8-17(24-18(9-14)31-21(36-5)12-30-24)27-32-23-15(2)10-19-25(26(23)40-27)37-13-22(38-19)39-28(34)33(3)16-6-7-20(35-4)29-11-16/h6-12,22H,13H2,1-5H3. The first-order valence-electron chi connectivity index (χ1n) is 12.3. The SMILES string of the molecule is COc1ccc(N(C)C(=O)OC2COc3c(cc(C)c4nc(-c5cc(C)cc6nc(OC)cnc56)sc34)O2)cn1. The first-order valence-corrected chi connectivity index (χ1v) is 13.2. The Balaban J connectivity index is 1.28. The van der Waals surface area contributed by atoms with Crippen LogP contribution in [0.4, 0.5) is 10.5 Å². The van der Waals surface area contributed by atoms with Crippen LogP contribution in [0.5, 0.6) is 23.3 Å². The highest BCUT2D eigenvalue weighted by Gasteiger charge is 2.30. The largest absolute Gasteiger partial charge is 0.481 e. The van der Waals surface area contributed by atoms with Gasteiger partial charge < -0.3 is 23.7 Å². The second kappa shape index (κ2) is 10.1. The third-order valence-corrected chi connectivity index (χ3v) is 7.52. The number of fused-ring (bicyclic) bond motifs is 4. The molecule has 0 spiro atoms. The Morgan fingerprint density at radius 2 is 1.85 bits per heavy atom. The van der Waals surface area contributed by atoms with Crippen molar-refractivity contribution in [2.75, 3.05) is 32.8 Å². The topological polar surface area (TPSA) is 118 Å². The van der Waals surface area contributed by atoms with Crippen LogP contribution in [0.15, 0.2) is 42.7 Å². The van der Waals surface area contributed by atoms with Crippen molar-refractivity contribution in [3.05, 3.63) is 53.9 Å². The Hall–Kier alpha value is -4.71. The fourth-order valence-corrected chi connectivity index (χ4v) is 5.56. The molecule has 204 valence electrons. The number of benzene rings is 2. The zero-order valence-corrected chi connectivity index (χ0v) is 23.2. The number of methoxy groups -OCH3 is 2. The van der Waals surface area contributed by atoms with Crippen LogP contribution >= 0.6 is 11.3 Å². The first kappa shape index (κ1) is 25.6. The lowest BCUT2D eigenvalue weighted by atomic mass is 10.1. The second-order valence-electron chi connectivity index (χ2n) is 9.17. The van der Waals surface area contributed by atoms with E-state index in [-0.39, 0.29) is 6.61 Å². The zero-order valence-electron chi connectivity index (χ0n) is 22.4. The fourth-order valence-electron chi connectivity index (χ4n) is 4.41. The predicted octanol–water partition coefficient (Wildman–Crippen LogP) is 5.31. The number of hydrogen-bond acceptors (Lipinski definition) is 11. The third kappa shape index (κ3) is 4.56. The summed E-state index contributed by atoms with van der Waals surface area (Å²) in [6.07, 6.45) is 1.59. The molecule has 3 aromatic heterocycles. The van der Waals surface area contributed by atoms with Crippen LogP contribution in [-0.4, -0.2) is 60.2 Å². The van der Waals surface area contributed by atoms with Crippen LogP contribution in [-0.2, 0) is 4.74 Å². The number of pyridine rings is 1. The van der Waals surface area contributed by atoms with Gasteiger partial charge in [0.15, 0.2) is 18.1 Å². The maximum atomic E-state index is 12.8. The number of anilines is 1. The molecule has 0 saturated heterocycles. The summed E-state index contributed by atoms with van der Waals surface area (Å²) in [6.45, 7) is 3.98. The van der Waals surface area contributed by atoms with Crippen LogP contribution in [0.1, 0.15) is 11.1 Å². The molecule has 11 nitrogen and oxygen atoms in total. The Bertz CT molecular complexity index is 1760. The number of amides is 1. The van der Waals surface area contributed by atoms with E-state index >= 15 is 0 Å². The van der Waals surface area contributed by atoms with E-state index in [2.05, 4.69) is 15.0 Å². The van der Waals surface area contributed by atoms with E-state index in [1.165, 1.54) is 29.5 Å². The summed E-state index contributed by atoms with van der Waals surface area (Å²) in [5.74, 6) is 1.94. The molecule has 1 aliphatic rings. The van der Waals surface area contributed by atoms with Gasteiger partial charge in [-0.1, -0.05) is 0 Å². The Labute approximate surface area is 233 Å². The van der Waals surface area contributed by atoms with Gasteiger partial charge in [0.2, 0.25) is 11.8 Å². The van der Waals surface area contributed by atoms with Crippen molar-refractivity contribution >= 4 is 44.4 Å². The summed E-state index contributed by atoms with van der Waals surface area (Å²) in [6, 6.07) is 9.23. The molecule has 0 bridgehead atoms. The van der Waals surface area contributed by atoms with Gasteiger partial charge in [-0.3, -0.25) is 4.90 Å². The zero-order chi connectivity index (χ0) is 28.0. The minimum atomic E-state index is -0.927. The Morgan fingerprint density at radius 1 is 1.02 bits per heavy atom. The van der Waals surface area contributed by atoms with Crippen LogP contribution in [0.2, 0.25) is 0 Å². The number of aromatic nitrogens is 4. The average Bonchev–Trinajstić information content (AvgIpc) is 3.42. The van der Waals surface area contributed by atoms with E-state index in [1.54, 1.807) is 32.5 Å². The minimum Gasteiger partial charge on any atom is -0.481 e. The molecular weight excluding hydrogens is 534 g/mol. The lowest BCUT2D eigenvalue weighted by Crippen LogP contribution is -2.38. The molecular formula is C28H25N5O6S. The predicted molar refractivity (Wildman–Crippen MR) is 150 cm³/mol. The normalized spacial score (nSPS) is 14.3. The first-order chi connectivity index (χ1) is 19.3. The lowest BCUT2D eigenvalue weighted by Gasteiger charge is -2.28. The molecule has 2 aromatic carbocycles. The number of carbonyl (C=O) groups is 1. The van der Waals surface area contributed by atoms with Crippen molar-refractivity contribution in [2.24, 2.45) is 0 Å². The summed E-state index contributed by atoms with van der Waals surface area (Å²) >= 11 is 1.48. The van der Waals surface area contributed by atoms with E-state index in [9.17, 15) is 4.79 Å². The molecule has 12 heteroatoms. The molecule has 0 N–H and O–H groups in total. The van der Waals surface area contributed by atoms with Gasteiger partial charge in [-0.05, 0) is 49.2 Å². The molecule has 4 heterocycles. The average molecular weight is 560 g/mol. The van der Waals surface area contributed by atoms with E-state index < -0.39 is 12.4 Å². The number of rotatable bonds is 5. The Morgan fingerprint density at radius 3 is 2.60 bits per heavy atom. The number of nitrogens with zero attached hydrogens (tertiary/aromatic N) is 5. The number of ether oxygens (including phenoxy) is 5. The van der Waals surface area contributed by atoms with Gasteiger partial charge in [0, 0.05) is 18.7 Å². The summed E-state index contributed by atoms with van der Waals surface area (Å²) in [5.41, 5.74) is 5.62. The summed E-state index contributed by atoms with van der Waals surface area (Å²) in [4.78, 5) is 32.3. The van der Waals surface area contributed by atoms with Gasteiger partial charge in [-0.2, -0.15) is 0 Å². The molecule has 1 aliphatic heterocycles. The number of carbonyl (C=O) groups excluding carboxylic acids is 1. The third-order valence-electron chi connectivity index (χ3n) is 6.43. The van der Waals surface area contributed by atoms with E-state index in [0.717, 1.165) is 42.9 Å². The van der Waals surface area contributed by atoms with E-state index in [0.29, 0.717) is 28.9 Å². The van der Waals surface area contributed by atoms with Gasteiger partial charge in [-0.15, -0.1) is 11.3 Å². The highest BCUT2D eigenvalue weighted by Crippen LogP contribution is 2.46. The number of hydrogen-bond donors (Lipinski definition) is 0. The van der Waals surface area contributed by atoms with Gasteiger partial charge in [0.1, 0.15) is 9.71 Å². The molecule has 0 saturated carbocycles. The van der Waals surface area contributed by atoms with Gasteiger partial charge in [-0.25, -0.2) is 24.7 Å². The molecule has 6 rings (SSSR count). The minimum absolute atomic E-state index is 0.0253. The summed E-state index contributed by atoms with van der Waals surface area (Å²) < 4.78 is 28.9. The van der Waals surface area contributed by atoms with Crippen LogP contribution in [0.3, 0.4) is 0 Å². The van der Waals surface area contributed by atoms with Crippen molar-refractivity contribution in [3.8, 4) is 33.8 Å². The van der Waals surface area contributed by atoms with Gasteiger partial charge in [0.25, 0.3) is 6.29 Å².